The summed E-state index contributed by atoms with van der Waals surface area (Å²) in [5, 5.41) is 36.5. The SMILES string of the molecule is CO[C@H](C[C@H](C)[C@@H](O)C=CC=CCNC(=O)C(C)(C)[C@@H](O)C(C)=CC=CC=CCc1cnc(C)o1)[C@]1(O)[C@H](C)C(=O)N(C)[C@@]12C(=O)O[C@H]2C. The Morgan fingerprint density at radius 3 is 2.43 bits per heavy atom. The zero-order valence-electron chi connectivity index (χ0n) is 30.0. The fourth-order valence-corrected chi connectivity index (χ4v) is 6.76. The molecular weight excluding hydrogens is 630 g/mol. The lowest BCUT2D eigenvalue weighted by atomic mass is 9.65. The van der Waals surface area contributed by atoms with E-state index >= 15 is 0 Å². The number of likely N-dealkylation sites (tertiary alicyclic amines) is 1. The molecule has 3 rings (SSSR count). The summed E-state index contributed by atoms with van der Waals surface area (Å²) in [5.74, 6) is -1.31. The molecule has 0 unspecified atom stereocenters. The quantitative estimate of drug-likeness (QED) is 0.150. The van der Waals surface area contributed by atoms with Crippen LogP contribution in [0.15, 0.2) is 70.9 Å². The van der Waals surface area contributed by atoms with Crippen molar-refractivity contribution in [3.05, 3.63) is 78.1 Å². The Balaban J connectivity index is 1.49. The van der Waals surface area contributed by atoms with Gasteiger partial charge in [0.2, 0.25) is 17.4 Å². The summed E-state index contributed by atoms with van der Waals surface area (Å²) in [5.41, 5.74) is -3.88. The number of hydrogen-bond donors (Lipinski definition) is 4. The van der Waals surface area contributed by atoms with Gasteiger partial charge in [0.05, 0.1) is 35.8 Å². The largest absolute Gasteiger partial charge is 0.457 e. The number of allylic oxidation sites excluding steroid dienone is 7. The van der Waals surface area contributed by atoms with Gasteiger partial charge in [-0.05, 0) is 45.6 Å². The molecule has 12 heteroatoms. The third-order valence-electron chi connectivity index (χ3n) is 9.97. The van der Waals surface area contributed by atoms with E-state index in [-0.39, 0.29) is 24.8 Å². The van der Waals surface area contributed by atoms with Crippen molar-refractivity contribution in [1.82, 2.24) is 15.2 Å². The van der Waals surface area contributed by atoms with E-state index in [1.807, 2.05) is 18.2 Å². The number of cyclic esters (lactones) is 1. The van der Waals surface area contributed by atoms with Crippen LogP contribution >= 0.6 is 0 Å². The Labute approximate surface area is 289 Å². The number of aliphatic hydroxyl groups excluding tert-OH is 2. The Morgan fingerprint density at radius 2 is 1.84 bits per heavy atom. The van der Waals surface area contributed by atoms with Crippen LogP contribution in [0.4, 0.5) is 0 Å². The number of aliphatic hydroxyl groups is 3. The van der Waals surface area contributed by atoms with Gasteiger partial charge in [-0.1, -0.05) is 68.5 Å². The van der Waals surface area contributed by atoms with Crippen LogP contribution in [0.25, 0.3) is 0 Å². The highest BCUT2D eigenvalue weighted by atomic mass is 16.6. The minimum Gasteiger partial charge on any atom is -0.457 e. The topological polar surface area (TPSA) is 172 Å². The highest BCUT2D eigenvalue weighted by molar-refractivity contribution is 5.99. The number of ether oxygens (including phenoxy) is 2. The van der Waals surface area contributed by atoms with Crippen molar-refractivity contribution in [3.63, 3.8) is 0 Å². The minimum atomic E-state index is -1.86. The normalized spacial score (nSPS) is 27.4. The van der Waals surface area contributed by atoms with Gasteiger partial charge in [0.15, 0.2) is 5.89 Å². The van der Waals surface area contributed by atoms with E-state index in [9.17, 15) is 29.7 Å². The van der Waals surface area contributed by atoms with Crippen LogP contribution in [-0.2, 0) is 30.3 Å². The molecule has 3 heterocycles. The standard InChI is InChI=1S/C37H53N3O9/c1-23(17-13-10-11-14-18-28-22-39-27(5)49-28)31(42)35(6,7)33(44)38-20-16-12-15-19-29(41)24(2)21-30(47-9)37(46)25(3)32(43)40(8)36(37)26(4)48-34(36)45/h10-17,19,22,24-26,29-31,41-42,46H,18,20-21H2,1-9H3,(H,38,44)/t24-,25+,26-,29-,30+,31-,36-,37+/m0/s1. The number of amides is 2. The van der Waals surface area contributed by atoms with Crippen molar-refractivity contribution in [2.24, 2.45) is 17.3 Å². The number of nitrogens with zero attached hydrogens (tertiary/aromatic N) is 2. The van der Waals surface area contributed by atoms with Crippen molar-refractivity contribution < 1.29 is 43.6 Å². The first-order chi connectivity index (χ1) is 23.0. The van der Waals surface area contributed by atoms with Crippen molar-refractivity contribution in [3.8, 4) is 0 Å². The van der Waals surface area contributed by atoms with E-state index in [0.29, 0.717) is 17.9 Å². The molecule has 270 valence electrons. The van der Waals surface area contributed by atoms with E-state index in [4.69, 9.17) is 13.9 Å². The second kappa shape index (κ2) is 16.2. The first-order valence-corrected chi connectivity index (χ1v) is 16.6. The molecule has 4 N–H and O–H groups in total. The second-order valence-electron chi connectivity index (χ2n) is 13.6. The Morgan fingerprint density at radius 1 is 1.16 bits per heavy atom. The number of nitrogens with one attached hydrogen (secondary N) is 1. The molecule has 0 aromatic carbocycles. The summed E-state index contributed by atoms with van der Waals surface area (Å²) in [6.45, 7) is 12.1. The molecule has 2 saturated heterocycles. The predicted octanol–water partition coefficient (Wildman–Crippen LogP) is 3.13. The van der Waals surface area contributed by atoms with Gasteiger partial charge < -0.3 is 39.4 Å². The van der Waals surface area contributed by atoms with Crippen molar-refractivity contribution >= 4 is 17.8 Å². The summed E-state index contributed by atoms with van der Waals surface area (Å²) in [7, 11) is 2.89. The molecule has 0 bridgehead atoms. The lowest BCUT2D eigenvalue weighted by molar-refractivity contribution is -0.255. The molecule has 2 amide bonds. The molecule has 0 aliphatic carbocycles. The average molecular weight is 684 g/mol. The lowest BCUT2D eigenvalue weighted by Crippen LogP contribution is -2.80. The van der Waals surface area contributed by atoms with E-state index in [1.165, 1.54) is 19.1 Å². The first kappa shape index (κ1) is 39.6. The number of aryl methyl sites for hydroxylation is 1. The summed E-state index contributed by atoms with van der Waals surface area (Å²) in [6.07, 6.45) is 14.7. The maximum absolute atomic E-state index is 12.9. The number of rotatable bonds is 16. The Kier molecular flexibility index (Phi) is 13.1. The van der Waals surface area contributed by atoms with E-state index in [2.05, 4.69) is 10.3 Å². The maximum Gasteiger partial charge on any atom is 0.339 e. The summed E-state index contributed by atoms with van der Waals surface area (Å²) in [6, 6.07) is 0. The van der Waals surface area contributed by atoms with Gasteiger partial charge in [0, 0.05) is 34.0 Å². The van der Waals surface area contributed by atoms with Crippen LogP contribution in [-0.4, -0.2) is 99.2 Å². The first-order valence-electron chi connectivity index (χ1n) is 16.6. The van der Waals surface area contributed by atoms with Gasteiger partial charge in [-0.15, -0.1) is 0 Å². The number of esters is 1. The fraction of sp³-hybridized carbons (Fsp3) is 0.568. The molecule has 12 nitrogen and oxygen atoms in total. The third kappa shape index (κ3) is 7.82. The van der Waals surface area contributed by atoms with Crippen LogP contribution in [0, 0.1) is 24.2 Å². The number of hydrogen-bond acceptors (Lipinski definition) is 10. The van der Waals surface area contributed by atoms with Crippen molar-refractivity contribution in [2.75, 3.05) is 20.7 Å². The Bertz CT molecular complexity index is 1490. The van der Waals surface area contributed by atoms with Crippen molar-refractivity contribution in [1.29, 1.82) is 0 Å². The molecule has 0 radical (unpaired) electrons. The zero-order chi connectivity index (χ0) is 36.7. The molecular formula is C37H53N3O9. The average Bonchev–Trinajstić information content (AvgIpc) is 3.55. The van der Waals surface area contributed by atoms with E-state index in [0.717, 1.165) is 5.76 Å². The monoisotopic (exact) mass is 683 g/mol. The molecule has 1 aromatic heterocycles. The van der Waals surface area contributed by atoms with Gasteiger partial charge in [0.25, 0.3) is 0 Å². The lowest BCUT2D eigenvalue weighted by Gasteiger charge is -2.55. The number of oxazole rings is 1. The van der Waals surface area contributed by atoms with Gasteiger partial charge in [0.1, 0.15) is 17.5 Å². The highest BCUT2D eigenvalue weighted by Gasteiger charge is 2.80. The molecule has 8 atom stereocenters. The van der Waals surface area contributed by atoms with Crippen LogP contribution in [0.2, 0.25) is 0 Å². The Hall–Kier alpha value is -3.84. The number of methoxy groups -OCH3 is 1. The molecule has 2 aliphatic rings. The molecule has 0 saturated carbocycles. The van der Waals surface area contributed by atoms with Gasteiger partial charge in [-0.3, -0.25) is 9.59 Å². The highest BCUT2D eigenvalue weighted by Crippen LogP contribution is 2.54. The number of carbonyl (C=O) groups excluding carboxylic acids is 3. The third-order valence-corrected chi connectivity index (χ3v) is 9.97. The number of likely N-dealkylation sites (N-methyl/N-ethyl adjacent to an activating group) is 1. The predicted molar refractivity (Wildman–Crippen MR) is 184 cm³/mol. The second-order valence-corrected chi connectivity index (χ2v) is 13.6. The van der Waals surface area contributed by atoms with E-state index in [1.54, 1.807) is 91.1 Å². The fourth-order valence-electron chi connectivity index (χ4n) is 6.76. The molecule has 2 fully saturated rings. The molecule has 49 heavy (non-hydrogen) atoms. The van der Waals surface area contributed by atoms with Crippen LogP contribution < -0.4 is 5.32 Å². The van der Waals surface area contributed by atoms with Crippen LogP contribution in [0.1, 0.15) is 59.6 Å². The van der Waals surface area contributed by atoms with Gasteiger partial charge in [-0.25, -0.2) is 9.78 Å². The van der Waals surface area contributed by atoms with Gasteiger partial charge >= 0.3 is 5.97 Å². The maximum atomic E-state index is 12.9. The van der Waals surface area contributed by atoms with Crippen LogP contribution in [0.3, 0.4) is 0 Å². The minimum absolute atomic E-state index is 0.159. The van der Waals surface area contributed by atoms with E-state index < -0.39 is 58.8 Å². The molecule has 1 spiro atoms. The van der Waals surface area contributed by atoms with Crippen molar-refractivity contribution in [2.45, 2.75) is 96.9 Å². The molecule has 2 aliphatic heterocycles. The summed E-state index contributed by atoms with van der Waals surface area (Å²) < 4.78 is 16.3. The number of carbonyl (C=O) groups is 3. The smallest absolute Gasteiger partial charge is 0.339 e. The molecule has 1 aromatic rings. The summed E-state index contributed by atoms with van der Waals surface area (Å²) >= 11 is 0. The van der Waals surface area contributed by atoms with Crippen LogP contribution in [0.5, 0.6) is 0 Å². The zero-order valence-corrected chi connectivity index (χ0v) is 30.0. The van der Waals surface area contributed by atoms with Gasteiger partial charge in [-0.2, -0.15) is 0 Å². The summed E-state index contributed by atoms with van der Waals surface area (Å²) in [4.78, 5) is 43.9. The number of aromatic nitrogens is 1.